The molecule has 236 valence electrons. The molecule has 0 amide bonds. The van der Waals surface area contributed by atoms with E-state index >= 15 is 0 Å². The molecule has 0 saturated heterocycles. The minimum atomic E-state index is 0.592. The Morgan fingerprint density at radius 2 is 0.880 bits per heavy atom. The van der Waals surface area contributed by atoms with Gasteiger partial charge in [0, 0.05) is 27.5 Å². The molecule has 2 heterocycles. The molecule has 0 aliphatic rings. The highest BCUT2D eigenvalue weighted by Crippen LogP contribution is 2.38. The summed E-state index contributed by atoms with van der Waals surface area (Å²) < 4.78 is 6.43. The summed E-state index contributed by atoms with van der Waals surface area (Å²) in [4.78, 5) is 15.0. The summed E-state index contributed by atoms with van der Waals surface area (Å²) in [6.07, 6.45) is 0. The number of nitrogens with zero attached hydrogens (tertiary/aromatic N) is 3. The van der Waals surface area contributed by atoms with Crippen LogP contribution in [-0.2, 0) is 0 Å². The van der Waals surface area contributed by atoms with Gasteiger partial charge in [0.1, 0.15) is 11.2 Å². The molecule has 7 aromatic carbocycles. The third-order valence-electron chi connectivity index (χ3n) is 9.20. The molecule has 0 atom stereocenters. The maximum atomic E-state index is 6.43. The first-order valence-corrected chi connectivity index (χ1v) is 16.8. The predicted molar refractivity (Wildman–Crippen MR) is 204 cm³/mol. The molecular weight excluding hydrogens is 611 g/mol. The van der Waals surface area contributed by atoms with E-state index in [1.54, 1.807) is 0 Å². The highest BCUT2D eigenvalue weighted by Gasteiger charge is 2.17. The van der Waals surface area contributed by atoms with Gasteiger partial charge in [0.05, 0.1) is 0 Å². The van der Waals surface area contributed by atoms with Crippen LogP contribution >= 0.6 is 0 Å². The van der Waals surface area contributed by atoms with Gasteiger partial charge in [-0.15, -0.1) is 0 Å². The lowest BCUT2D eigenvalue weighted by Crippen LogP contribution is -2.00. The standard InChI is InChI=1S/C46H31N3O/c1-30-11-8-16-35(27-30)37-18-9-17-36(28-37)31-21-23-34(24-22-31)45-47-44(33-14-6-3-7-15-33)48-46(49-45)38-25-26-40-42(29-38)50-41-20-10-19-39(43(40)41)32-12-4-2-5-13-32/h2-29H,1H3. The molecule has 0 bridgehead atoms. The van der Waals surface area contributed by atoms with E-state index in [4.69, 9.17) is 19.4 Å². The van der Waals surface area contributed by atoms with Crippen molar-refractivity contribution in [1.29, 1.82) is 0 Å². The van der Waals surface area contributed by atoms with Crippen molar-refractivity contribution in [3.63, 3.8) is 0 Å². The highest BCUT2D eigenvalue weighted by atomic mass is 16.3. The Morgan fingerprint density at radius 1 is 0.360 bits per heavy atom. The average Bonchev–Trinajstić information content (AvgIpc) is 3.57. The Morgan fingerprint density at radius 3 is 1.58 bits per heavy atom. The molecule has 0 spiro atoms. The van der Waals surface area contributed by atoms with E-state index < -0.39 is 0 Å². The minimum absolute atomic E-state index is 0.592. The van der Waals surface area contributed by atoms with Gasteiger partial charge in [0.25, 0.3) is 0 Å². The molecule has 50 heavy (non-hydrogen) atoms. The lowest BCUT2D eigenvalue weighted by Gasteiger charge is -2.10. The zero-order chi connectivity index (χ0) is 33.4. The Bertz CT molecular complexity index is 2640. The zero-order valence-electron chi connectivity index (χ0n) is 27.4. The van der Waals surface area contributed by atoms with Gasteiger partial charge in [-0.05, 0) is 64.6 Å². The molecular formula is C46H31N3O. The first kappa shape index (κ1) is 29.5. The van der Waals surface area contributed by atoms with Crippen molar-refractivity contribution in [2.45, 2.75) is 6.92 Å². The summed E-state index contributed by atoms with van der Waals surface area (Å²) in [5.41, 5.74) is 12.6. The summed E-state index contributed by atoms with van der Waals surface area (Å²) in [5.74, 6) is 1.83. The Hall–Kier alpha value is -6.65. The maximum Gasteiger partial charge on any atom is 0.164 e. The second-order valence-corrected chi connectivity index (χ2v) is 12.6. The molecule has 0 unspecified atom stereocenters. The Balaban J connectivity index is 1.12. The molecule has 2 aromatic heterocycles. The lowest BCUT2D eigenvalue weighted by atomic mass is 9.97. The van der Waals surface area contributed by atoms with Crippen LogP contribution in [0.25, 0.3) is 89.5 Å². The van der Waals surface area contributed by atoms with Crippen LogP contribution in [0.5, 0.6) is 0 Å². The van der Waals surface area contributed by atoms with Crippen molar-refractivity contribution >= 4 is 21.9 Å². The van der Waals surface area contributed by atoms with Gasteiger partial charge in [-0.3, -0.25) is 0 Å². The molecule has 9 rings (SSSR count). The van der Waals surface area contributed by atoms with Gasteiger partial charge in [-0.1, -0.05) is 151 Å². The summed E-state index contributed by atoms with van der Waals surface area (Å²) in [6.45, 7) is 2.13. The van der Waals surface area contributed by atoms with Gasteiger partial charge in [0.15, 0.2) is 17.5 Å². The molecule has 4 nitrogen and oxygen atoms in total. The fourth-order valence-electron chi connectivity index (χ4n) is 6.69. The molecule has 0 aliphatic heterocycles. The van der Waals surface area contributed by atoms with Crippen LogP contribution < -0.4 is 0 Å². The van der Waals surface area contributed by atoms with E-state index in [2.05, 4.69) is 122 Å². The van der Waals surface area contributed by atoms with Crippen LogP contribution in [-0.4, -0.2) is 15.0 Å². The normalized spacial score (nSPS) is 11.3. The van der Waals surface area contributed by atoms with E-state index in [0.717, 1.165) is 60.9 Å². The molecule has 9 aromatic rings. The van der Waals surface area contributed by atoms with Crippen LogP contribution in [0.3, 0.4) is 0 Å². The van der Waals surface area contributed by atoms with Crippen LogP contribution in [0.4, 0.5) is 0 Å². The van der Waals surface area contributed by atoms with Gasteiger partial charge < -0.3 is 4.42 Å². The molecule has 0 aliphatic carbocycles. The lowest BCUT2D eigenvalue weighted by molar-refractivity contribution is 0.669. The Kier molecular flexibility index (Phi) is 7.33. The number of furan rings is 1. The van der Waals surface area contributed by atoms with Crippen molar-refractivity contribution in [3.8, 4) is 67.5 Å². The Labute approximate surface area is 290 Å². The number of aryl methyl sites for hydroxylation is 1. The molecule has 0 N–H and O–H groups in total. The second kappa shape index (κ2) is 12.4. The number of hydrogen-bond acceptors (Lipinski definition) is 4. The topological polar surface area (TPSA) is 51.8 Å². The van der Waals surface area contributed by atoms with Crippen LogP contribution in [0.2, 0.25) is 0 Å². The second-order valence-electron chi connectivity index (χ2n) is 12.6. The largest absolute Gasteiger partial charge is 0.456 e. The first-order chi connectivity index (χ1) is 24.7. The van der Waals surface area contributed by atoms with Crippen LogP contribution in [0.1, 0.15) is 5.56 Å². The maximum absolute atomic E-state index is 6.43. The number of benzene rings is 7. The van der Waals surface area contributed by atoms with E-state index in [-0.39, 0.29) is 0 Å². The smallest absolute Gasteiger partial charge is 0.164 e. The summed E-state index contributed by atoms with van der Waals surface area (Å²) >= 11 is 0. The van der Waals surface area contributed by atoms with E-state index in [1.807, 2.05) is 54.6 Å². The van der Waals surface area contributed by atoms with Gasteiger partial charge in [-0.2, -0.15) is 0 Å². The molecule has 0 fully saturated rings. The van der Waals surface area contributed by atoms with Gasteiger partial charge in [0.2, 0.25) is 0 Å². The van der Waals surface area contributed by atoms with Crippen molar-refractivity contribution < 1.29 is 4.42 Å². The first-order valence-electron chi connectivity index (χ1n) is 16.8. The highest BCUT2D eigenvalue weighted by molar-refractivity contribution is 6.13. The van der Waals surface area contributed by atoms with E-state index in [9.17, 15) is 0 Å². The van der Waals surface area contributed by atoms with Gasteiger partial charge >= 0.3 is 0 Å². The van der Waals surface area contributed by atoms with Crippen LogP contribution in [0.15, 0.2) is 174 Å². The van der Waals surface area contributed by atoms with Crippen LogP contribution in [0, 0.1) is 6.92 Å². The zero-order valence-corrected chi connectivity index (χ0v) is 27.4. The molecule has 0 saturated carbocycles. The predicted octanol–water partition coefficient (Wildman–Crippen LogP) is 12.1. The van der Waals surface area contributed by atoms with Crippen molar-refractivity contribution in [2.75, 3.05) is 0 Å². The van der Waals surface area contributed by atoms with Crippen molar-refractivity contribution in [2.24, 2.45) is 0 Å². The van der Waals surface area contributed by atoms with Crippen molar-refractivity contribution in [3.05, 3.63) is 175 Å². The molecule has 0 radical (unpaired) electrons. The fraction of sp³-hybridized carbons (Fsp3) is 0.0217. The monoisotopic (exact) mass is 641 g/mol. The molecule has 4 heteroatoms. The third-order valence-corrected chi connectivity index (χ3v) is 9.20. The number of fused-ring (bicyclic) bond motifs is 3. The SMILES string of the molecule is Cc1cccc(-c2cccc(-c3ccc(-c4nc(-c5ccccc5)nc(-c5ccc6c(c5)oc5cccc(-c7ccccc7)c56)n4)cc3)c2)c1. The summed E-state index contributed by atoms with van der Waals surface area (Å²) in [6, 6.07) is 58.7. The van der Waals surface area contributed by atoms with Crippen molar-refractivity contribution in [1.82, 2.24) is 15.0 Å². The average molecular weight is 642 g/mol. The minimum Gasteiger partial charge on any atom is -0.456 e. The van der Waals surface area contributed by atoms with E-state index in [1.165, 1.54) is 16.7 Å². The van der Waals surface area contributed by atoms with Gasteiger partial charge in [-0.25, -0.2) is 15.0 Å². The summed E-state index contributed by atoms with van der Waals surface area (Å²) in [5, 5.41) is 2.16. The fourth-order valence-corrected chi connectivity index (χ4v) is 6.69. The number of hydrogen-bond donors (Lipinski definition) is 0. The summed E-state index contributed by atoms with van der Waals surface area (Å²) in [7, 11) is 0. The number of rotatable bonds is 6. The van der Waals surface area contributed by atoms with E-state index in [0.29, 0.717) is 17.5 Å². The number of aromatic nitrogens is 3. The quantitative estimate of drug-likeness (QED) is 0.181. The third kappa shape index (κ3) is 5.53.